The maximum absolute atomic E-state index is 2.81. The Hall–Kier alpha value is -0.0800. The average Bonchev–Trinajstić information content (AvgIpc) is 2.53. The van der Waals surface area contributed by atoms with Gasteiger partial charge in [0.1, 0.15) is 0 Å². The molecule has 2 nitrogen and oxygen atoms in total. The van der Waals surface area contributed by atoms with Gasteiger partial charge in [0, 0.05) is 31.7 Å². The van der Waals surface area contributed by atoms with Gasteiger partial charge in [-0.2, -0.15) is 0 Å². The molecule has 3 rings (SSSR count). The zero-order chi connectivity index (χ0) is 12.6. The van der Waals surface area contributed by atoms with Crippen LogP contribution in [0.4, 0.5) is 0 Å². The predicted molar refractivity (Wildman–Crippen MR) is 74.2 cm³/mol. The van der Waals surface area contributed by atoms with E-state index in [2.05, 4.69) is 44.4 Å². The second-order valence-corrected chi connectivity index (χ2v) is 6.88. The van der Waals surface area contributed by atoms with Crippen LogP contribution in [-0.4, -0.2) is 48.1 Å². The molecule has 3 fully saturated rings. The van der Waals surface area contributed by atoms with E-state index in [0.29, 0.717) is 5.41 Å². The highest BCUT2D eigenvalue weighted by molar-refractivity contribution is 5.00. The second-order valence-electron chi connectivity index (χ2n) is 6.88. The van der Waals surface area contributed by atoms with E-state index in [-0.39, 0.29) is 0 Å². The van der Waals surface area contributed by atoms with Gasteiger partial charge >= 0.3 is 0 Å². The van der Waals surface area contributed by atoms with Crippen LogP contribution in [0.3, 0.4) is 0 Å². The second kappa shape index (κ2) is 4.89. The molecule has 3 atom stereocenters. The van der Waals surface area contributed by atoms with Crippen LogP contribution in [-0.2, 0) is 0 Å². The highest BCUT2D eigenvalue weighted by Gasteiger charge is 2.46. The molecule has 3 aliphatic heterocycles. The minimum atomic E-state index is 0.496. The van der Waals surface area contributed by atoms with Crippen molar-refractivity contribution in [2.24, 2.45) is 11.3 Å². The molecule has 2 heteroatoms. The third kappa shape index (κ3) is 2.53. The Bertz CT molecular complexity index is 262. The van der Waals surface area contributed by atoms with Gasteiger partial charge in [0.25, 0.3) is 0 Å². The van der Waals surface area contributed by atoms with Crippen molar-refractivity contribution in [2.45, 2.75) is 59.5 Å². The van der Waals surface area contributed by atoms with Crippen LogP contribution in [0.15, 0.2) is 0 Å². The lowest BCUT2D eigenvalue weighted by molar-refractivity contribution is -0.00192. The summed E-state index contributed by atoms with van der Waals surface area (Å²) in [4.78, 5) is 5.48. The lowest BCUT2D eigenvalue weighted by Gasteiger charge is -2.49. The Balaban J connectivity index is 2.22. The summed E-state index contributed by atoms with van der Waals surface area (Å²) < 4.78 is 0. The SMILES string of the molecule is CCC(C)N1CC2CN(CC)CC1C(C)(C)C2. The van der Waals surface area contributed by atoms with Gasteiger partial charge in [-0.15, -0.1) is 0 Å². The van der Waals surface area contributed by atoms with Crippen molar-refractivity contribution < 1.29 is 0 Å². The summed E-state index contributed by atoms with van der Waals surface area (Å²) >= 11 is 0. The number of piperidine rings is 1. The summed E-state index contributed by atoms with van der Waals surface area (Å²) in [6, 6.07) is 1.51. The van der Waals surface area contributed by atoms with Crippen molar-refractivity contribution in [2.75, 3.05) is 26.2 Å². The molecule has 2 bridgehead atoms. The number of rotatable bonds is 3. The molecule has 0 N–H and O–H groups in total. The Kier molecular flexibility index (Phi) is 3.84. The fourth-order valence-electron chi connectivity index (χ4n) is 3.96. The fourth-order valence-corrected chi connectivity index (χ4v) is 3.96. The van der Waals surface area contributed by atoms with E-state index >= 15 is 0 Å². The van der Waals surface area contributed by atoms with E-state index in [1.54, 1.807) is 0 Å². The molecule has 17 heavy (non-hydrogen) atoms. The first kappa shape index (κ1) is 13.4. The third-order valence-corrected chi connectivity index (χ3v) is 5.14. The van der Waals surface area contributed by atoms with Crippen LogP contribution in [0.25, 0.3) is 0 Å². The third-order valence-electron chi connectivity index (χ3n) is 5.14. The molecule has 0 radical (unpaired) electrons. The van der Waals surface area contributed by atoms with Gasteiger partial charge in [-0.05, 0) is 37.6 Å². The first-order valence-corrected chi connectivity index (χ1v) is 7.46. The summed E-state index contributed by atoms with van der Waals surface area (Å²) in [5, 5.41) is 0. The van der Waals surface area contributed by atoms with Gasteiger partial charge in [-0.1, -0.05) is 27.7 Å². The molecule has 0 spiro atoms. The van der Waals surface area contributed by atoms with Crippen molar-refractivity contribution in [3.63, 3.8) is 0 Å². The molecule has 3 heterocycles. The molecule has 0 aromatic heterocycles. The quantitative estimate of drug-likeness (QED) is 0.746. The van der Waals surface area contributed by atoms with Crippen LogP contribution in [0, 0.1) is 11.3 Å². The molecule has 0 aromatic rings. The number of fused-ring (bicyclic) bond motifs is 4. The minimum Gasteiger partial charge on any atom is -0.302 e. The summed E-state index contributed by atoms with van der Waals surface area (Å²) in [5.41, 5.74) is 0.496. The standard InChI is InChI=1S/C15H30N2/c1-6-12(3)17-10-13-8-15(4,5)14(17)11-16(7-2)9-13/h12-14H,6-11H2,1-5H3. The van der Waals surface area contributed by atoms with E-state index in [4.69, 9.17) is 0 Å². The molecule has 0 aliphatic carbocycles. The van der Waals surface area contributed by atoms with Crippen molar-refractivity contribution in [1.82, 2.24) is 9.80 Å². The lowest BCUT2D eigenvalue weighted by atomic mass is 9.73. The lowest BCUT2D eigenvalue weighted by Crippen LogP contribution is -2.56. The molecule has 3 saturated heterocycles. The normalized spacial score (nSPS) is 35.8. The molecule has 0 aromatic carbocycles. The number of nitrogens with zero attached hydrogens (tertiary/aromatic N) is 2. The van der Waals surface area contributed by atoms with Gasteiger partial charge < -0.3 is 4.90 Å². The van der Waals surface area contributed by atoms with Crippen LogP contribution in [0.5, 0.6) is 0 Å². The smallest absolute Gasteiger partial charge is 0.0277 e. The van der Waals surface area contributed by atoms with Gasteiger partial charge in [0.2, 0.25) is 0 Å². The van der Waals surface area contributed by atoms with E-state index in [9.17, 15) is 0 Å². The van der Waals surface area contributed by atoms with E-state index in [1.807, 2.05) is 0 Å². The summed E-state index contributed by atoms with van der Waals surface area (Å²) in [6.07, 6.45) is 2.70. The van der Waals surface area contributed by atoms with Gasteiger partial charge in [0.15, 0.2) is 0 Å². The zero-order valence-electron chi connectivity index (χ0n) is 12.4. The molecule has 0 saturated carbocycles. The van der Waals surface area contributed by atoms with Gasteiger partial charge in [-0.25, -0.2) is 0 Å². The largest absolute Gasteiger partial charge is 0.302 e. The summed E-state index contributed by atoms with van der Waals surface area (Å²) in [5.74, 6) is 0.887. The minimum absolute atomic E-state index is 0.496. The first-order chi connectivity index (χ1) is 7.97. The Labute approximate surface area is 107 Å². The van der Waals surface area contributed by atoms with Crippen LogP contribution < -0.4 is 0 Å². The topological polar surface area (TPSA) is 6.48 Å². The predicted octanol–water partition coefficient (Wildman–Crippen LogP) is 2.84. The molecular weight excluding hydrogens is 208 g/mol. The Morgan fingerprint density at radius 2 is 1.88 bits per heavy atom. The highest BCUT2D eigenvalue weighted by atomic mass is 15.3. The maximum Gasteiger partial charge on any atom is 0.0277 e. The van der Waals surface area contributed by atoms with E-state index in [0.717, 1.165) is 18.0 Å². The molecular formula is C15H30N2. The summed E-state index contributed by atoms with van der Waals surface area (Å²) in [7, 11) is 0. The van der Waals surface area contributed by atoms with Crippen molar-refractivity contribution in [3.8, 4) is 0 Å². The maximum atomic E-state index is 2.81. The van der Waals surface area contributed by atoms with Crippen molar-refractivity contribution in [3.05, 3.63) is 0 Å². The van der Waals surface area contributed by atoms with E-state index in [1.165, 1.54) is 39.0 Å². The van der Waals surface area contributed by atoms with Crippen molar-refractivity contribution >= 4 is 0 Å². The summed E-state index contributed by atoms with van der Waals surface area (Å²) in [6.45, 7) is 17.2. The zero-order valence-corrected chi connectivity index (χ0v) is 12.4. The monoisotopic (exact) mass is 238 g/mol. The van der Waals surface area contributed by atoms with Crippen molar-refractivity contribution in [1.29, 1.82) is 0 Å². The number of hydrogen-bond donors (Lipinski definition) is 0. The van der Waals surface area contributed by atoms with Crippen LogP contribution in [0.1, 0.15) is 47.5 Å². The average molecular weight is 238 g/mol. The fraction of sp³-hybridized carbons (Fsp3) is 1.00. The Morgan fingerprint density at radius 3 is 2.47 bits per heavy atom. The molecule has 3 aliphatic rings. The molecule has 3 unspecified atom stereocenters. The molecule has 0 amide bonds. The molecule has 100 valence electrons. The van der Waals surface area contributed by atoms with Crippen LogP contribution in [0.2, 0.25) is 0 Å². The number of likely N-dealkylation sites (N-methyl/N-ethyl adjacent to an activating group) is 1. The number of hydrogen-bond acceptors (Lipinski definition) is 2. The van der Waals surface area contributed by atoms with Gasteiger partial charge in [0.05, 0.1) is 0 Å². The Morgan fingerprint density at radius 1 is 1.18 bits per heavy atom. The van der Waals surface area contributed by atoms with E-state index < -0.39 is 0 Å². The highest BCUT2D eigenvalue weighted by Crippen LogP contribution is 2.42. The van der Waals surface area contributed by atoms with Gasteiger partial charge in [-0.3, -0.25) is 4.90 Å². The van der Waals surface area contributed by atoms with Crippen LogP contribution >= 0.6 is 0 Å². The first-order valence-electron chi connectivity index (χ1n) is 7.46.